The van der Waals surface area contributed by atoms with Crippen LogP contribution in [0.25, 0.3) is 0 Å². The lowest BCUT2D eigenvalue weighted by Gasteiger charge is -2.40. The first-order valence-electron chi connectivity index (χ1n) is 10.7. The minimum atomic E-state index is -0.0989. The number of anilines is 1. The fourth-order valence-corrected chi connectivity index (χ4v) is 4.55. The van der Waals surface area contributed by atoms with Crippen LogP contribution in [0.3, 0.4) is 0 Å². The minimum absolute atomic E-state index is 0.0268. The molecule has 0 unspecified atom stereocenters. The highest BCUT2D eigenvalue weighted by atomic mass is 16.5. The van der Waals surface area contributed by atoms with Gasteiger partial charge < -0.3 is 19.9 Å². The third-order valence-electron chi connectivity index (χ3n) is 6.00. The molecule has 2 aromatic rings. The molecule has 2 fully saturated rings. The van der Waals surface area contributed by atoms with Crippen LogP contribution in [0.4, 0.5) is 5.69 Å². The van der Waals surface area contributed by atoms with E-state index >= 15 is 0 Å². The van der Waals surface area contributed by atoms with E-state index in [1.54, 1.807) is 0 Å². The average molecular weight is 408 g/mol. The summed E-state index contributed by atoms with van der Waals surface area (Å²) in [6.45, 7) is 5.65. The monoisotopic (exact) mass is 407 g/mol. The van der Waals surface area contributed by atoms with Gasteiger partial charge in [0.15, 0.2) is 0 Å². The molecule has 2 heterocycles. The summed E-state index contributed by atoms with van der Waals surface area (Å²) in [5.74, 6) is 0.163. The lowest BCUT2D eigenvalue weighted by molar-refractivity contribution is -0.120. The Labute approximate surface area is 177 Å². The van der Waals surface area contributed by atoms with Crippen molar-refractivity contribution in [2.75, 3.05) is 44.3 Å². The van der Waals surface area contributed by atoms with Crippen LogP contribution < -0.4 is 10.2 Å². The lowest BCUT2D eigenvalue weighted by Crippen LogP contribution is -2.53. The molecule has 6 heteroatoms. The Balaban J connectivity index is 1.55. The van der Waals surface area contributed by atoms with Gasteiger partial charge in [0.2, 0.25) is 5.91 Å². The quantitative estimate of drug-likeness (QED) is 0.847. The van der Waals surface area contributed by atoms with E-state index in [1.165, 1.54) is 12.5 Å². The summed E-state index contributed by atoms with van der Waals surface area (Å²) in [5, 5.41) is 3.08. The maximum atomic E-state index is 13.5. The SMILES string of the molecule is CC(=O)N[C@H]1CN(C(=O)c2ccccc2N2CCOCC2)CC[C@H]1c1ccccc1. The molecule has 2 amide bonds. The van der Waals surface area contributed by atoms with E-state index in [-0.39, 0.29) is 23.8 Å². The number of hydrogen-bond donors (Lipinski definition) is 1. The van der Waals surface area contributed by atoms with Gasteiger partial charge in [-0.1, -0.05) is 42.5 Å². The number of carbonyl (C=O) groups is 2. The zero-order valence-corrected chi connectivity index (χ0v) is 17.4. The van der Waals surface area contributed by atoms with Crippen molar-refractivity contribution >= 4 is 17.5 Å². The summed E-state index contributed by atoms with van der Waals surface area (Å²) < 4.78 is 5.47. The van der Waals surface area contributed by atoms with E-state index in [1.807, 2.05) is 47.4 Å². The van der Waals surface area contributed by atoms with Crippen molar-refractivity contribution in [2.45, 2.75) is 25.3 Å². The summed E-state index contributed by atoms with van der Waals surface area (Å²) in [4.78, 5) is 29.5. The van der Waals surface area contributed by atoms with Gasteiger partial charge in [-0.25, -0.2) is 0 Å². The normalized spacial score (nSPS) is 21.9. The van der Waals surface area contributed by atoms with Gasteiger partial charge in [-0.2, -0.15) is 0 Å². The molecule has 2 aliphatic rings. The molecule has 0 aliphatic carbocycles. The van der Waals surface area contributed by atoms with E-state index in [0.717, 1.165) is 30.8 Å². The topological polar surface area (TPSA) is 61.9 Å². The van der Waals surface area contributed by atoms with Gasteiger partial charge in [0, 0.05) is 44.7 Å². The fourth-order valence-electron chi connectivity index (χ4n) is 4.55. The maximum Gasteiger partial charge on any atom is 0.256 e. The molecule has 0 aromatic heterocycles. The Morgan fingerprint density at radius 1 is 0.967 bits per heavy atom. The second-order valence-electron chi connectivity index (χ2n) is 7.98. The third-order valence-corrected chi connectivity index (χ3v) is 6.00. The van der Waals surface area contributed by atoms with E-state index in [2.05, 4.69) is 22.3 Å². The van der Waals surface area contributed by atoms with Gasteiger partial charge in [0.25, 0.3) is 5.91 Å². The highest BCUT2D eigenvalue weighted by molar-refractivity contribution is 6.00. The van der Waals surface area contributed by atoms with Gasteiger partial charge in [-0.05, 0) is 24.1 Å². The molecule has 0 bridgehead atoms. The molecule has 1 N–H and O–H groups in total. The number of ether oxygens (including phenoxy) is 1. The van der Waals surface area contributed by atoms with E-state index in [0.29, 0.717) is 26.3 Å². The van der Waals surface area contributed by atoms with Crippen molar-refractivity contribution in [2.24, 2.45) is 0 Å². The van der Waals surface area contributed by atoms with Crippen LogP contribution in [0.1, 0.15) is 35.2 Å². The van der Waals surface area contributed by atoms with Crippen molar-refractivity contribution in [3.8, 4) is 0 Å². The van der Waals surface area contributed by atoms with Crippen LogP contribution in [0.5, 0.6) is 0 Å². The van der Waals surface area contributed by atoms with E-state index in [9.17, 15) is 9.59 Å². The molecule has 0 spiro atoms. The summed E-state index contributed by atoms with van der Waals surface area (Å²) in [7, 11) is 0. The molecule has 2 saturated heterocycles. The smallest absolute Gasteiger partial charge is 0.256 e. The average Bonchev–Trinajstić information content (AvgIpc) is 2.79. The first kappa shape index (κ1) is 20.4. The molecular weight excluding hydrogens is 378 g/mol. The van der Waals surface area contributed by atoms with Crippen LogP contribution in [-0.4, -0.2) is 62.1 Å². The molecule has 0 saturated carbocycles. The summed E-state index contributed by atoms with van der Waals surface area (Å²) >= 11 is 0. The molecule has 0 radical (unpaired) electrons. The number of rotatable bonds is 4. The fraction of sp³-hybridized carbons (Fsp3) is 0.417. The Morgan fingerprint density at radius 2 is 1.67 bits per heavy atom. The summed E-state index contributed by atoms with van der Waals surface area (Å²) in [6.07, 6.45) is 0.820. The van der Waals surface area contributed by atoms with E-state index in [4.69, 9.17) is 4.74 Å². The molecule has 2 aliphatic heterocycles. The van der Waals surface area contributed by atoms with Gasteiger partial charge in [0.05, 0.1) is 24.8 Å². The molecular formula is C24H29N3O3. The minimum Gasteiger partial charge on any atom is -0.378 e. The second-order valence-corrected chi connectivity index (χ2v) is 7.98. The molecule has 158 valence electrons. The summed E-state index contributed by atoms with van der Waals surface area (Å²) in [5.41, 5.74) is 2.89. The number of nitrogens with zero attached hydrogens (tertiary/aromatic N) is 2. The highest BCUT2D eigenvalue weighted by Gasteiger charge is 2.34. The maximum absolute atomic E-state index is 13.5. The number of para-hydroxylation sites is 1. The van der Waals surface area contributed by atoms with Crippen LogP contribution in [0, 0.1) is 0 Å². The Morgan fingerprint density at radius 3 is 2.40 bits per heavy atom. The number of morpholine rings is 1. The number of nitrogens with one attached hydrogen (secondary N) is 1. The number of likely N-dealkylation sites (tertiary alicyclic amines) is 1. The van der Waals surface area contributed by atoms with Gasteiger partial charge in [0.1, 0.15) is 0 Å². The number of hydrogen-bond acceptors (Lipinski definition) is 4. The zero-order chi connectivity index (χ0) is 20.9. The first-order valence-corrected chi connectivity index (χ1v) is 10.7. The summed E-state index contributed by atoms with van der Waals surface area (Å²) in [6, 6.07) is 18.0. The van der Waals surface area contributed by atoms with Gasteiger partial charge >= 0.3 is 0 Å². The molecule has 4 rings (SSSR count). The van der Waals surface area contributed by atoms with Crippen molar-refractivity contribution in [3.63, 3.8) is 0 Å². The van der Waals surface area contributed by atoms with Crippen molar-refractivity contribution in [3.05, 3.63) is 65.7 Å². The second kappa shape index (κ2) is 9.30. The van der Waals surface area contributed by atoms with Crippen molar-refractivity contribution in [1.29, 1.82) is 0 Å². The number of carbonyl (C=O) groups excluding carboxylic acids is 2. The van der Waals surface area contributed by atoms with Gasteiger partial charge in [-0.3, -0.25) is 9.59 Å². The standard InChI is InChI=1S/C24H29N3O3/c1-18(28)25-22-17-27(12-11-20(22)19-7-3-2-4-8-19)24(29)21-9-5-6-10-23(21)26-13-15-30-16-14-26/h2-10,20,22H,11-17H2,1H3,(H,25,28)/t20-,22-/m0/s1. The van der Waals surface area contributed by atoms with E-state index < -0.39 is 0 Å². The molecule has 30 heavy (non-hydrogen) atoms. The predicted molar refractivity (Wildman–Crippen MR) is 117 cm³/mol. The van der Waals surface area contributed by atoms with Crippen LogP contribution in [0.15, 0.2) is 54.6 Å². The number of amides is 2. The largest absolute Gasteiger partial charge is 0.378 e. The Kier molecular flexibility index (Phi) is 6.33. The first-order chi connectivity index (χ1) is 14.6. The highest BCUT2D eigenvalue weighted by Crippen LogP contribution is 2.30. The van der Waals surface area contributed by atoms with Crippen molar-refractivity contribution < 1.29 is 14.3 Å². The van der Waals surface area contributed by atoms with Crippen LogP contribution >= 0.6 is 0 Å². The Hall–Kier alpha value is -2.86. The number of benzene rings is 2. The third kappa shape index (κ3) is 4.49. The molecule has 2 aromatic carbocycles. The zero-order valence-electron chi connectivity index (χ0n) is 17.4. The van der Waals surface area contributed by atoms with Crippen LogP contribution in [-0.2, 0) is 9.53 Å². The van der Waals surface area contributed by atoms with Crippen LogP contribution in [0.2, 0.25) is 0 Å². The predicted octanol–water partition coefficient (Wildman–Crippen LogP) is 2.66. The lowest BCUT2D eigenvalue weighted by atomic mass is 9.85. The molecule has 2 atom stereocenters. The van der Waals surface area contributed by atoms with Gasteiger partial charge in [-0.15, -0.1) is 0 Å². The number of piperidine rings is 1. The molecule has 6 nitrogen and oxygen atoms in total. The Bertz CT molecular complexity index is 880. The van der Waals surface area contributed by atoms with Crippen molar-refractivity contribution in [1.82, 2.24) is 10.2 Å².